The minimum absolute atomic E-state index is 0. The van der Waals surface area contributed by atoms with Crippen LogP contribution >= 0.6 is 11.6 Å². The van der Waals surface area contributed by atoms with E-state index in [0.29, 0.717) is 17.1 Å². The van der Waals surface area contributed by atoms with Gasteiger partial charge in [-0.2, -0.15) is 4.80 Å². The number of nitrogens with two attached hydrogens (primary N) is 1. The maximum absolute atomic E-state index is 13.7. The third-order valence-electron chi connectivity index (χ3n) is 3.39. The number of tetrazole rings is 1. The zero-order chi connectivity index (χ0) is 19.4. The van der Waals surface area contributed by atoms with Crippen LogP contribution in [0.4, 0.5) is 4.39 Å². The first kappa shape index (κ1) is 21.2. The maximum atomic E-state index is 13.7. The molecular weight excluding hydrogens is 395 g/mol. The zero-order valence-corrected chi connectivity index (χ0v) is 15.0. The second-order valence-corrected chi connectivity index (χ2v) is 6.03. The third-order valence-corrected chi connectivity index (χ3v) is 3.60. The smallest absolute Gasteiger partial charge is 0.304 e. The molecule has 2 heterocycles. The van der Waals surface area contributed by atoms with E-state index in [-0.39, 0.29) is 29.3 Å². The fourth-order valence-electron chi connectivity index (χ4n) is 2.20. The molecule has 0 amide bonds. The van der Waals surface area contributed by atoms with E-state index in [1.54, 1.807) is 24.3 Å². The molecule has 5 N–H and O–H groups in total. The molecule has 0 spiro atoms. The van der Waals surface area contributed by atoms with Gasteiger partial charge in [0.05, 0.1) is 18.0 Å². The molecular formula is C16H16ClFN6O4. The van der Waals surface area contributed by atoms with Gasteiger partial charge in [-0.15, -0.1) is 10.2 Å². The number of nitrogens with zero attached hydrogens (tertiary/aromatic N) is 5. The van der Waals surface area contributed by atoms with Crippen molar-refractivity contribution in [2.75, 3.05) is 0 Å². The monoisotopic (exact) mass is 410 g/mol. The van der Waals surface area contributed by atoms with Crippen molar-refractivity contribution in [3.8, 4) is 23.0 Å². The first-order valence-corrected chi connectivity index (χ1v) is 8.13. The summed E-state index contributed by atoms with van der Waals surface area (Å²) >= 11 is 5.65. The summed E-state index contributed by atoms with van der Waals surface area (Å²) in [7, 11) is 0. The van der Waals surface area contributed by atoms with Crippen molar-refractivity contribution in [3.05, 3.63) is 47.4 Å². The van der Waals surface area contributed by atoms with E-state index in [1.165, 1.54) is 11.0 Å². The van der Waals surface area contributed by atoms with Crippen molar-refractivity contribution < 1.29 is 24.5 Å². The standard InChI is InChI=1S/C16H14ClFN6O3.H2O/c17-10-5-13(18)16(20-7-10)27-12-3-1-9(2-4-12)15-21-23-24(22-15)8-11(19)6-14(25)26;/h1-5,7,11H,6,8,19H2,(H,25,26);1H2/t11-;/m0./s1. The number of carboxylic acid groups (broad SMARTS) is 1. The Bertz CT molecular complexity index is 953. The van der Waals surface area contributed by atoms with Crippen LogP contribution < -0.4 is 10.5 Å². The van der Waals surface area contributed by atoms with Crippen LogP contribution in [0.15, 0.2) is 36.5 Å². The summed E-state index contributed by atoms with van der Waals surface area (Å²) in [4.78, 5) is 15.7. The van der Waals surface area contributed by atoms with E-state index in [1.807, 2.05) is 0 Å². The number of ether oxygens (including phenoxy) is 1. The Labute approximate surface area is 163 Å². The van der Waals surface area contributed by atoms with Gasteiger partial charge in [-0.05, 0) is 35.5 Å². The summed E-state index contributed by atoms with van der Waals surface area (Å²) in [6, 6.07) is 7.02. The SMILES string of the molecule is N[C@@H](CC(=O)O)Cn1nnc(-c2ccc(Oc3ncc(Cl)cc3F)cc2)n1.O. The average Bonchev–Trinajstić information content (AvgIpc) is 3.05. The average molecular weight is 411 g/mol. The predicted molar refractivity (Wildman–Crippen MR) is 96.4 cm³/mol. The summed E-state index contributed by atoms with van der Waals surface area (Å²) < 4.78 is 19.1. The molecule has 0 aliphatic rings. The van der Waals surface area contributed by atoms with Gasteiger partial charge in [0, 0.05) is 17.8 Å². The molecule has 10 nitrogen and oxygen atoms in total. The van der Waals surface area contributed by atoms with Crippen molar-refractivity contribution in [2.24, 2.45) is 5.73 Å². The van der Waals surface area contributed by atoms with Crippen LogP contribution in [0.3, 0.4) is 0 Å². The van der Waals surface area contributed by atoms with Gasteiger partial charge in [0.15, 0.2) is 5.82 Å². The molecule has 0 aliphatic carbocycles. The van der Waals surface area contributed by atoms with Crippen molar-refractivity contribution in [1.29, 1.82) is 0 Å². The highest BCUT2D eigenvalue weighted by atomic mass is 35.5. The molecule has 148 valence electrons. The lowest BCUT2D eigenvalue weighted by atomic mass is 10.2. The molecule has 0 saturated carbocycles. The molecule has 0 aliphatic heterocycles. The molecule has 0 fully saturated rings. The number of aliphatic carboxylic acids is 1. The minimum Gasteiger partial charge on any atom is -0.481 e. The molecule has 0 unspecified atom stereocenters. The van der Waals surface area contributed by atoms with Crippen LogP contribution in [-0.4, -0.2) is 47.8 Å². The highest BCUT2D eigenvalue weighted by Gasteiger charge is 2.13. The summed E-state index contributed by atoms with van der Waals surface area (Å²) in [5.41, 5.74) is 6.34. The fourth-order valence-corrected chi connectivity index (χ4v) is 2.34. The van der Waals surface area contributed by atoms with E-state index in [4.69, 9.17) is 27.2 Å². The van der Waals surface area contributed by atoms with Crippen molar-refractivity contribution in [3.63, 3.8) is 0 Å². The molecule has 28 heavy (non-hydrogen) atoms. The van der Waals surface area contributed by atoms with Crippen LogP contribution in [-0.2, 0) is 11.3 Å². The van der Waals surface area contributed by atoms with Crippen LogP contribution in [0.5, 0.6) is 11.6 Å². The molecule has 3 rings (SSSR count). The lowest BCUT2D eigenvalue weighted by molar-refractivity contribution is -0.137. The lowest BCUT2D eigenvalue weighted by Gasteiger charge is -2.06. The number of benzene rings is 1. The van der Waals surface area contributed by atoms with Gasteiger partial charge in [0.25, 0.3) is 5.88 Å². The molecule has 12 heteroatoms. The number of halogens is 2. The van der Waals surface area contributed by atoms with E-state index in [0.717, 1.165) is 6.07 Å². The van der Waals surface area contributed by atoms with Gasteiger partial charge in [-0.1, -0.05) is 11.6 Å². The minimum atomic E-state index is -0.995. The first-order chi connectivity index (χ1) is 12.9. The molecule has 0 bridgehead atoms. The zero-order valence-electron chi connectivity index (χ0n) is 14.3. The normalized spacial score (nSPS) is 11.5. The van der Waals surface area contributed by atoms with Crippen molar-refractivity contribution in [1.82, 2.24) is 25.2 Å². The lowest BCUT2D eigenvalue weighted by Crippen LogP contribution is -2.30. The van der Waals surface area contributed by atoms with E-state index in [9.17, 15) is 9.18 Å². The van der Waals surface area contributed by atoms with Crippen LogP contribution in [0, 0.1) is 5.82 Å². The van der Waals surface area contributed by atoms with Gasteiger partial charge in [0.2, 0.25) is 5.82 Å². The highest BCUT2D eigenvalue weighted by Crippen LogP contribution is 2.25. The second-order valence-electron chi connectivity index (χ2n) is 5.59. The molecule has 0 radical (unpaired) electrons. The number of rotatable bonds is 7. The number of aromatic nitrogens is 5. The quantitative estimate of drug-likeness (QED) is 0.589. The summed E-state index contributed by atoms with van der Waals surface area (Å²) in [5, 5.41) is 20.8. The van der Waals surface area contributed by atoms with Gasteiger partial charge in [-0.25, -0.2) is 9.37 Å². The molecule has 1 aromatic carbocycles. The number of carboxylic acids is 1. The largest absolute Gasteiger partial charge is 0.481 e. The van der Waals surface area contributed by atoms with Crippen LogP contribution in [0.1, 0.15) is 6.42 Å². The number of hydrogen-bond donors (Lipinski definition) is 2. The fraction of sp³-hybridized carbons (Fsp3) is 0.188. The first-order valence-electron chi connectivity index (χ1n) is 7.75. The van der Waals surface area contributed by atoms with E-state index < -0.39 is 17.8 Å². The topological polar surface area (TPSA) is 161 Å². The Hall–Kier alpha value is -3.15. The Morgan fingerprint density at radius 2 is 2.07 bits per heavy atom. The molecule has 2 aromatic heterocycles. The maximum Gasteiger partial charge on any atom is 0.304 e. The van der Waals surface area contributed by atoms with Gasteiger partial charge >= 0.3 is 5.97 Å². The molecule has 3 aromatic rings. The Kier molecular flexibility index (Phi) is 6.93. The van der Waals surface area contributed by atoms with Crippen LogP contribution in [0.2, 0.25) is 5.02 Å². The third kappa shape index (κ3) is 5.42. The van der Waals surface area contributed by atoms with E-state index >= 15 is 0 Å². The predicted octanol–water partition coefficient (Wildman–Crippen LogP) is 1.30. The summed E-state index contributed by atoms with van der Waals surface area (Å²) in [5.74, 6) is -1.16. The number of pyridine rings is 1. The van der Waals surface area contributed by atoms with Crippen molar-refractivity contribution >= 4 is 17.6 Å². The Balaban J connectivity index is 0.00000280. The second kappa shape index (κ2) is 9.17. The molecule has 1 atom stereocenters. The number of hydrogen-bond acceptors (Lipinski definition) is 7. The van der Waals surface area contributed by atoms with E-state index in [2.05, 4.69) is 20.4 Å². The Morgan fingerprint density at radius 3 is 2.71 bits per heavy atom. The van der Waals surface area contributed by atoms with Crippen LogP contribution in [0.25, 0.3) is 11.4 Å². The summed E-state index contributed by atoms with van der Waals surface area (Å²) in [6.07, 6.45) is 1.09. The van der Waals surface area contributed by atoms with Crippen molar-refractivity contribution in [2.45, 2.75) is 19.0 Å². The summed E-state index contributed by atoms with van der Waals surface area (Å²) in [6.45, 7) is 0.127. The van der Waals surface area contributed by atoms with Gasteiger partial charge in [0.1, 0.15) is 5.75 Å². The Morgan fingerprint density at radius 1 is 1.36 bits per heavy atom. The highest BCUT2D eigenvalue weighted by molar-refractivity contribution is 6.30. The number of carbonyl (C=O) groups is 1. The van der Waals surface area contributed by atoms with Gasteiger partial charge in [-0.3, -0.25) is 4.79 Å². The molecule has 0 saturated heterocycles. The van der Waals surface area contributed by atoms with Gasteiger partial charge < -0.3 is 21.1 Å².